The molecule has 2 aliphatic heterocycles. The maximum Gasteiger partial charge on any atom is 0.251 e. The smallest absolute Gasteiger partial charge is 0.251 e. The molecule has 0 aromatic carbocycles. The Morgan fingerprint density at radius 1 is 1.30 bits per heavy atom. The first kappa shape index (κ1) is 14.9. The fraction of sp³-hybridized carbons (Fsp3) is 0.769. The van der Waals surface area contributed by atoms with E-state index in [1.807, 2.05) is 4.90 Å². The van der Waals surface area contributed by atoms with E-state index in [9.17, 15) is 14.4 Å². The highest BCUT2D eigenvalue weighted by Crippen LogP contribution is 2.12. The fourth-order valence-electron chi connectivity index (χ4n) is 2.60. The summed E-state index contributed by atoms with van der Waals surface area (Å²) in [5.74, 6) is -0.678. The van der Waals surface area contributed by atoms with Crippen LogP contribution in [0.1, 0.15) is 25.7 Å². The van der Waals surface area contributed by atoms with Crippen molar-refractivity contribution in [2.75, 3.05) is 26.7 Å². The molecule has 2 fully saturated rings. The van der Waals surface area contributed by atoms with Gasteiger partial charge in [-0.3, -0.25) is 24.2 Å². The Labute approximate surface area is 118 Å². The van der Waals surface area contributed by atoms with Gasteiger partial charge < -0.3 is 11.1 Å². The standard InChI is InChI=1S/C13H22N4O3/c1-16-12(19)3-2-10(13(16)20)15-11(18)8-17-6-4-9(14)5-7-17/h9-10H,2-8,14H2,1H3,(H,15,18). The van der Waals surface area contributed by atoms with Crippen LogP contribution >= 0.6 is 0 Å². The van der Waals surface area contributed by atoms with Gasteiger partial charge in [0.1, 0.15) is 6.04 Å². The number of hydrogen-bond donors (Lipinski definition) is 2. The molecule has 0 bridgehead atoms. The molecule has 112 valence electrons. The number of rotatable bonds is 3. The molecule has 0 radical (unpaired) electrons. The van der Waals surface area contributed by atoms with Crippen molar-refractivity contribution < 1.29 is 14.4 Å². The van der Waals surface area contributed by atoms with E-state index in [0.29, 0.717) is 12.8 Å². The van der Waals surface area contributed by atoms with E-state index in [1.54, 1.807) is 0 Å². The minimum atomic E-state index is -0.572. The van der Waals surface area contributed by atoms with E-state index in [1.165, 1.54) is 7.05 Å². The normalized spacial score (nSPS) is 25.9. The molecule has 20 heavy (non-hydrogen) atoms. The Balaban J connectivity index is 1.79. The van der Waals surface area contributed by atoms with Gasteiger partial charge in [0, 0.05) is 32.6 Å². The molecular formula is C13H22N4O3. The molecule has 1 atom stereocenters. The van der Waals surface area contributed by atoms with Gasteiger partial charge in [0.15, 0.2) is 0 Å². The van der Waals surface area contributed by atoms with Crippen molar-refractivity contribution >= 4 is 17.7 Å². The second kappa shape index (κ2) is 6.32. The highest BCUT2D eigenvalue weighted by Gasteiger charge is 2.32. The van der Waals surface area contributed by atoms with Crippen LogP contribution in [0.3, 0.4) is 0 Å². The number of likely N-dealkylation sites (N-methyl/N-ethyl adjacent to an activating group) is 1. The maximum atomic E-state index is 12.0. The number of piperidine rings is 2. The topological polar surface area (TPSA) is 95.7 Å². The van der Waals surface area contributed by atoms with Gasteiger partial charge in [0.2, 0.25) is 11.8 Å². The molecule has 2 aliphatic rings. The molecule has 0 spiro atoms. The predicted octanol–water partition coefficient (Wildman–Crippen LogP) is -1.33. The second-order valence-electron chi connectivity index (χ2n) is 5.56. The van der Waals surface area contributed by atoms with Crippen molar-refractivity contribution in [1.29, 1.82) is 0 Å². The van der Waals surface area contributed by atoms with Crippen LogP contribution in [0.25, 0.3) is 0 Å². The molecule has 2 heterocycles. The Morgan fingerprint density at radius 2 is 1.95 bits per heavy atom. The summed E-state index contributed by atoms with van der Waals surface area (Å²) in [7, 11) is 1.45. The fourth-order valence-corrected chi connectivity index (χ4v) is 2.60. The van der Waals surface area contributed by atoms with E-state index < -0.39 is 6.04 Å². The summed E-state index contributed by atoms with van der Waals surface area (Å²) >= 11 is 0. The summed E-state index contributed by atoms with van der Waals surface area (Å²) < 4.78 is 0. The van der Waals surface area contributed by atoms with Gasteiger partial charge in [-0.1, -0.05) is 0 Å². The molecule has 1 unspecified atom stereocenters. The van der Waals surface area contributed by atoms with Gasteiger partial charge in [-0.05, 0) is 19.3 Å². The molecule has 3 N–H and O–H groups in total. The lowest BCUT2D eigenvalue weighted by Gasteiger charge is -2.31. The predicted molar refractivity (Wildman–Crippen MR) is 72.6 cm³/mol. The first-order valence-corrected chi connectivity index (χ1v) is 7.05. The molecule has 7 nitrogen and oxygen atoms in total. The lowest BCUT2D eigenvalue weighted by atomic mass is 10.0. The molecule has 0 aromatic rings. The van der Waals surface area contributed by atoms with Crippen molar-refractivity contribution in [2.24, 2.45) is 5.73 Å². The van der Waals surface area contributed by atoms with Crippen molar-refractivity contribution in [2.45, 2.75) is 37.8 Å². The summed E-state index contributed by atoms with van der Waals surface area (Å²) in [4.78, 5) is 38.3. The molecule has 0 aliphatic carbocycles. The maximum absolute atomic E-state index is 12.0. The van der Waals surface area contributed by atoms with Gasteiger partial charge >= 0.3 is 0 Å². The summed E-state index contributed by atoms with van der Waals surface area (Å²) in [6.07, 6.45) is 2.48. The lowest BCUT2D eigenvalue weighted by Crippen LogP contribution is -2.54. The second-order valence-corrected chi connectivity index (χ2v) is 5.56. The van der Waals surface area contributed by atoms with E-state index in [-0.39, 0.29) is 30.3 Å². The summed E-state index contributed by atoms with van der Waals surface area (Å²) in [5, 5.41) is 2.72. The third kappa shape index (κ3) is 3.55. The van der Waals surface area contributed by atoms with Gasteiger partial charge in [-0.15, -0.1) is 0 Å². The average Bonchev–Trinajstić information content (AvgIpc) is 2.42. The van der Waals surface area contributed by atoms with Crippen molar-refractivity contribution in [1.82, 2.24) is 15.1 Å². The molecular weight excluding hydrogens is 260 g/mol. The van der Waals surface area contributed by atoms with E-state index in [0.717, 1.165) is 30.8 Å². The summed E-state index contributed by atoms with van der Waals surface area (Å²) in [6, 6.07) is -0.342. The molecule has 0 saturated carbocycles. The SMILES string of the molecule is CN1C(=O)CCC(NC(=O)CN2CCC(N)CC2)C1=O. The van der Waals surface area contributed by atoms with Crippen LogP contribution < -0.4 is 11.1 Å². The van der Waals surface area contributed by atoms with Gasteiger partial charge in [0.25, 0.3) is 5.91 Å². The third-order valence-electron chi connectivity index (χ3n) is 3.98. The number of amides is 3. The van der Waals surface area contributed by atoms with Crippen LogP contribution in [0.4, 0.5) is 0 Å². The minimum absolute atomic E-state index is 0.165. The number of nitrogens with zero attached hydrogens (tertiary/aromatic N) is 2. The number of imide groups is 1. The average molecular weight is 282 g/mol. The van der Waals surface area contributed by atoms with Gasteiger partial charge in [-0.25, -0.2) is 0 Å². The molecule has 2 rings (SSSR count). The van der Waals surface area contributed by atoms with Crippen LogP contribution in [0, 0.1) is 0 Å². The number of carbonyl (C=O) groups excluding carboxylic acids is 3. The van der Waals surface area contributed by atoms with Crippen molar-refractivity contribution in [3.05, 3.63) is 0 Å². The van der Waals surface area contributed by atoms with Crippen LogP contribution in [0.15, 0.2) is 0 Å². The van der Waals surface area contributed by atoms with Crippen LogP contribution in [0.5, 0.6) is 0 Å². The Kier molecular flexibility index (Phi) is 4.72. The number of carbonyl (C=O) groups is 3. The van der Waals surface area contributed by atoms with Gasteiger partial charge in [-0.2, -0.15) is 0 Å². The first-order chi connectivity index (χ1) is 9.47. The molecule has 0 aromatic heterocycles. The Hall–Kier alpha value is -1.47. The number of nitrogens with two attached hydrogens (primary N) is 1. The van der Waals surface area contributed by atoms with E-state index in [4.69, 9.17) is 5.73 Å². The molecule has 7 heteroatoms. The monoisotopic (exact) mass is 282 g/mol. The van der Waals surface area contributed by atoms with Crippen LogP contribution in [0.2, 0.25) is 0 Å². The minimum Gasteiger partial charge on any atom is -0.343 e. The van der Waals surface area contributed by atoms with E-state index >= 15 is 0 Å². The molecule has 2 saturated heterocycles. The molecule has 3 amide bonds. The number of likely N-dealkylation sites (tertiary alicyclic amines) is 2. The van der Waals surface area contributed by atoms with Crippen molar-refractivity contribution in [3.8, 4) is 0 Å². The third-order valence-corrected chi connectivity index (χ3v) is 3.98. The lowest BCUT2D eigenvalue weighted by molar-refractivity contribution is -0.149. The summed E-state index contributed by atoms with van der Waals surface area (Å²) in [5.41, 5.74) is 5.81. The Bertz CT molecular complexity index is 404. The summed E-state index contributed by atoms with van der Waals surface area (Å²) in [6.45, 7) is 1.91. The zero-order valence-electron chi connectivity index (χ0n) is 11.8. The quantitative estimate of drug-likeness (QED) is 0.626. The highest BCUT2D eigenvalue weighted by molar-refractivity contribution is 6.01. The number of nitrogens with one attached hydrogen (secondary N) is 1. The van der Waals surface area contributed by atoms with Crippen LogP contribution in [-0.4, -0.2) is 66.3 Å². The van der Waals surface area contributed by atoms with Crippen LogP contribution in [-0.2, 0) is 14.4 Å². The largest absolute Gasteiger partial charge is 0.343 e. The van der Waals surface area contributed by atoms with Crippen molar-refractivity contribution in [3.63, 3.8) is 0 Å². The van der Waals surface area contributed by atoms with Gasteiger partial charge in [0.05, 0.1) is 6.54 Å². The van der Waals surface area contributed by atoms with E-state index in [2.05, 4.69) is 5.32 Å². The Morgan fingerprint density at radius 3 is 2.60 bits per heavy atom. The highest BCUT2D eigenvalue weighted by atomic mass is 16.2. The zero-order chi connectivity index (χ0) is 14.7. The zero-order valence-corrected chi connectivity index (χ0v) is 11.8. The number of hydrogen-bond acceptors (Lipinski definition) is 5. The first-order valence-electron chi connectivity index (χ1n) is 7.05.